The number of nitrogens with zero attached hydrogens (tertiary/aromatic N) is 3. The molecule has 1 aliphatic rings. The van der Waals surface area contributed by atoms with Crippen molar-refractivity contribution in [3.05, 3.63) is 18.2 Å². The molecule has 1 saturated carbocycles. The third-order valence-corrected chi connectivity index (χ3v) is 3.40. The Morgan fingerprint density at radius 3 is 2.73 bits per heavy atom. The van der Waals surface area contributed by atoms with Crippen LogP contribution in [0.4, 0.5) is 0 Å². The summed E-state index contributed by atoms with van der Waals surface area (Å²) in [6.45, 7) is 0. The molecule has 0 saturated heterocycles. The van der Waals surface area contributed by atoms with E-state index in [-0.39, 0.29) is 5.92 Å². The standard InChI is InChI=1S/C12H17N3/c1-15-8-7-14-12(15)11(9-13)10-5-3-2-4-6-10/h7-8,10-11H,2-6H2,1H3. The lowest BCUT2D eigenvalue weighted by molar-refractivity contribution is 0.327. The Morgan fingerprint density at radius 1 is 1.47 bits per heavy atom. The van der Waals surface area contributed by atoms with Gasteiger partial charge in [-0.1, -0.05) is 19.3 Å². The number of nitriles is 1. The van der Waals surface area contributed by atoms with Gasteiger partial charge in [0.1, 0.15) is 11.7 Å². The van der Waals surface area contributed by atoms with E-state index in [4.69, 9.17) is 0 Å². The van der Waals surface area contributed by atoms with E-state index in [9.17, 15) is 5.26 Å². The zero-order chi connectivity index (χ0) is 10.7. The third kappa shape index (κ3) is 2.04. The molecule has 0 aromatic carbocycles. The lowest BCUT2D eigenvalue weighted by Crippen LogP contribution is -2.18. The second-order valence-electron chi connectivity index (χ2n) is 4.40. The largest absolute Gasteiger partial charge is 0.337 e. The highest BCUT2D eigenvalue weighted by atomic mass is 15.0. The average molecular weight is 203 g/mol. The molecule has 80 valence electrons. The van der Waals surface area contributed by atoms with Gasteiger partial charge >= 0.3 is 0 Å². The quantitative estimate of drug-likeness (QED) is 0.741. The zero-order valence-corrected chi connectivity index (χ0v) is 9.19. The molecule has 0 radical (unpaired) electrons. The molecular formula is C12H17N3. The van der Waals surface area contributed by atoms with Gasteiger partial charge in [0, 0.05) is 19.4 Å². The van der Waals surface area contributed by atoms with E-state index in [1.807, 2.05) is 17.8 Å². The van der Waals surface area contributed by atoms with Crippen LogP contribution in [0.25, 0.3) is 0 Å². The van der Waals surface area contributed by atoms with E-state index < -0.39 is 0 Å². The first-order chi connectivity index (χ1) is 7.33. The Morgan fingerprint density at radius 2 is 2.20 bits per heavy atom. The molecule has 3 heteroatoms. The fourth-order valence-electron chi connectivity index (χ4n) is 2.52. The molecule has 0 N–H and O–H groups in total. The second kappa shape index (κ2) is 4.48. The molecule has 1 fully saturated rings. The van der Waals surface area contributed by atoms with Crippen LogP contribution in [0.1, 0.15) is 43.8 Å². The SMILES string of the molecule is Cn1ccnc1C(C#N)C1CCCCC1. The van der Waals surface area contributed by atoms with Crippen LogP contribution in [0.3, 0.4) is 0 Å². The highest BCUT2D eigenvalue weighted by molar-refractivity contribution is 5.12. The maximum atomic E-state index is 9.27. The van der Waals surface area contributed by atoms with Crippen LogP contribution < -0.4 is 0 Å². The van der Waals surface area contributed by atoms with Gasteiger partial charge in [-0.2, -0.15) is 5.26 Å². The lowest BCUT2D eigenvalue weighted by atomic mass is 9.80. The summed E-state index contributed by atoms with van der Waals surface area (Å²) >= 11 is 0. The van der Waals surface area contributed by atoms with E-state index in [1.165, 1.54) is 32.1 Å². The predicted octanol–water partition coefficient (Wildman–Crippen LogP) is 2.61. The summed E-state index contributed by atoms with van der Waals surface area (Å²) in [5, 5.41) is 9.27. The van der Waals surface area contributed by atoms with Gasteiger partial charge in [0.15, 0.2) is 0 Å². The van der Waals surface area contributed by atoms with Crippen LogP contribution in [0, 0.1) is 17.2 Å². The summed E-state index contributed by atoms with van der Waals surface area (Å²) in [6, 6.07) is 2.43. The van der Waals surface area contributed by atoms with E-state index >= 15 is 0 Å². The fourth-order valence-corrected chi connectivity index (χ4v) is 2.52. The van der Waals surface area contributed by atoms with Crippen molar-refractivity contribution >= 4 is 0 Å². The molecule has 1 aromatic rings. The normalized spacial score (nSPS) is 19.7. The Hall–Kier alpha value is -1.30. The van der Waals surface area contributed by atoms with E-state index in [0.29, 0.717) is 5.92 Å². The Kier molecular flexibility index (Phi) is 3.05. The van der Waals surface area contributed by atoms with Crippen molar-refractivity contribution in [1.29, 1.82) is 5.26 Å². The average Bonchev–Trinajstić information content (AvgIpc) is 2.68. The van der Waals surface area contributed by atoms with Gasteiger partial charge in [0.25, 0.3) is 0 Å². The van der Waals surface area contributed by atoms with Crippen molar-refractivity contribution < 1.29 is 0 Å². The second-order valence-corrected chi connectivity index (χ2v) is 4.40. The monoisotopic (exact) mass is 203 g/mol. The van der Waals surface area contributed by atoms with Crippen LogP contribution in [0.5, 0.6) is 0 Å². The maximum absolute atomic E-state index is 9.27. The van der Waals surface area contributed by atoms with Crippen LogP contribution in [0.2, 0.25) is 0 Å². The van der Waals surface area contributed by atoms with Gasteiger partial charge in [-0.15, -0.1) is 0 Å². The summed E-state index contributed by atoms with van der Waals surface area (Å²) in [7, 11) is 1.97. The molecule has 15 heavy (non-hydrogen) atoms. The molecule has 2 rings (SSSR count). The number of hydrogen-bond donors (Lipinski definition) is 0. The molecule has 0 bridgehead atoms. The minimum Gasteiger partial charge on any atom is -0.337 e. The smallest absolute Gasteiger partial charge is 0.126 e. The Labute approximate surface area is 90.7 Å². The van der Waals surface area contributed by atoms with E-state index in [0.717, 1.165) is 5.82 Å². The third-order valence-electron chi connectivity index (χ3n) is 3.40. The summed E-state index contributed by atoms with van der Waals surface area (Å²) in [6.07, 6.45) is 9.94. The van der Waals surface area contributed by atoms with Gasteiger partial charge in [0.2, 0.25) is 0 Å². The van der Waals surface area contributed by atoms with Crippen molar-refractivity contribution in [3.63, 3.8) is 0 Å². The topological polar surface area (TPSA) is 41.6 Å². The molecule has 1 aromatic heterocycles. The summed E-state index contributed by atoms with van der Waals surface area (Å²) < 4.78 is 1.97. The van der Waals surface area contributed by atoms with Crippen molar-refractivity contribution in [3.8, 4) is 6.07 Å². The van der Waals surface area contributed by atoms with Crippen LogP contribution in [-0.2, 0) is 7.05 Å². The van der Waals surface area contributed by atoms with Crippen molar-refractivity contribution in [1.82, 2.24) is 9.55 Å². The number of hydrogen-bond acceptors (Lipinski definition) is 2. The first-order valence-electron chi connectivity index (χ1n) is 5.69. The molecule has 1 heterocycles. The summed E-state index contributed by atoms with van der Waals surface area (Å²) in [5.74, 6) is 1.44. The highest BCUT2D eigenvalue weighted by Gasteiger charge is 2.27. The molecule has 3 nitrogen and oxygen atoms in total. The number of rotatable bonds is 2. The van der Waals surface area contributed by atoms with Crippen molar-refractivity contribution in [2.45, 2.75) is 38.0 Å². The van der Waals surface area contributed by atoms with Gasteiger partial charge in [-0.3, -0.25) is 0 Å². The number of aryl methyl sites for hydroxylation is 1. The minimum atomic E-state index is -0.00898. The Bertz CT molecular complexity index is 355. The molecule has 1 aliphatic carbocycles. The van der Waals surface area contributed by atoms with Crippen molar-refractivity contribution in [2.24, 2.45) is 13.0 Å². The maximum Gasteiger partial charge on any atom is 0.126 e. The van der Waals surface area contributed by atoms with Crippen LogP contribution >= 0.6 is 0 Å². The van der Waals surface area contributed by atoms with Gasteiger partial charge in [-0.25, -0.2) is 4.98 Å². The summed E-state index contributed by atoms with van der Waals surface area (Å²) in [5.41, 5.74) is 0. The van der Waals surface area contributed by atoms with Gasteiger partial charge in [0.05, 0.1) is 6.07 Å². The lowest BCUT2D eigenvalue weighted by Gasteiger charge is -2.25. The molecule has 0 amide bonds. The molecule has 0 spiro atoms. The van der Waals surface area contributed by atoms with E-state index in [1.54, 1.807) is 6.20 Å². The van der Waals surface area contributed by atoms with Crippen molar-refractivity contribution in [2.75, 3.05) is 0 Å². The molecule has 1 atom stereocenters. The predicted molar refractivity (Wildman–Crippen MR) is 58.1 cm³/mol. The van der Waals surface area contributed by atoms with E-state index in [2.05, 4.69) is 11.1 Å². The first kappa shape index (κ1) is 10.2. The molecule has 0 aliphatic heterocycles. The first-order valence-corrected chi connectivity index (χ1v) is 5.69. The fraction of sp³-hybridized carbons (Fsp3) is 0.667. The number of aromatic nitrogens is 2. The molecule has 1 unspecified atom stereocenters. The van der Waals surface area contributed by atoms with Gasteiger partial charge in [-0.05, 0) is 18.8 Å². The zero-order valence-electron chi connectivity index (χ0n) is 9.19. The number of imidazole rings is 1. The molecular weight excluding hydrogens is 186 g/mol. The Balaban J connectivity index is 2.17. The highest BCUT2D eigenvalue weighted by Crippen LogP contribution is 2.34. The van der Waals surface area contributed by atoms with Crippen LogP contribution in [-0.4, -0.2) is 9.55 Å². The minimum absolute atomic E-state index is 0.00898. The van der Waals surface area contributed by atoms with Gasteiger partial charge < -0.3 is 4.57 Å². The van der Waals surface area contributed by atoms with Crippen LogP contribution in [0.15, 0.2) is 12.4 Å². The summed E-state index contributed by atoms with van der Waals surface area (Å²) in [4.78, 5) is 4.30.